The maximum Gasteiger partial charge on any atom is 0.220 e. The Bertz CT molecular complexity index is 899. The summed E-state index contributed by atoms with van der Waals surface area (Å²) in [6.45, 7) is 5.86. The van der Waals surface area contributed by atoms with Crippen molar-refractivity contribution in [3.63, 3.8) is 0 Å². The van der Waals surface area contributed by atoms with Crippen molar-refractivity contribution in [1.82, 2.24) is 20.2 Å². The molecule has 1 aromatic heterocycles. The van der Waals surface area contributed by atoms with Gasteiger partial charge in [0.2, 0.25) is 5.95 Å². The van der Waals surface area contributed by atoms with Gasteiger partial charge in [0.05, 0.1) is 40.4 Å². The number of ether oxygens (including phenoxy) is 1. The van der Waals surface area contributed by atoms with Gasteiger partial charge in [-0.15, -0.1) is 0 Å². The van der Waals surface area contributed by atoms with Crippen LogP contribution >= 0.6 is 23.2 Å². The predicted octanol–water partition coefficient (Wildman–Crippen LogP) is 2.97. The summed E-state index contributed by atoms with van der Waals surface area (Å²) < 4.78 is 5.67. The monoisotopic (exact) mass is 377 g/mol. The van der Waals surface area contributed by atoms with Crippen molar-refractivity contribution in [2.45, 2.75) is 19.5 Å². The van der Waals surface area contributed by atoms with Gasteiger partial charge >= 0.3 is 0 Å². The van der Waals surface area contributed by atoms with Crippen molar-refractivity contribution in [3.8, 4) is 17.0 Å². The van der Waals surface area contributed by atoms with Crippen molar-refractivity contribution in [1.29, 1.82) is 0 Å². The van der Waals surface area contributed by atoms with Crippen LogP contribution in [0.5, 0.6) is 5.75 Å². The summed E-state index contributed by atoms with van der Waals surface area (Å²) in [6, 6.07) is 1.70. The highest BCUT2D eigenvalue weighted by Gasteiger charge is 2.30. The molecule has 0 amide bonds. The summed E-state index contributed by atoms with van der Waals surface area (Å²) in [7, 11) is 1.84. The van der Waals surface area contributed by atoms with Crippen LogP contribution in [-0.4, -0.2) is 28.5 Å². The van der Waals surface area contributed by atoms with E-state index < -0.39 is 0 Å². The van der Waals surface area contributed by atoms with Gasteiger partial charge in [-0.25, -0.2) is 9.97 Å². The molecular weight excluding hydrogens is 361 g/mol. The fourth-order valence-corrected chi connectivity index (χ4v) is 4.03. The average Bonchev–Trinajstić information content (AvgIpc) is 3.20. The number of nitrogens with one attached hydrogen (secondary N) is 1. The number of nitrogen functional groups attached to an aromatic ring is 1. The van der Waals surface area contributed by atoms with E-state index in [2.05, 4.69) is 26.8 Å². The summed E-state index contributed by atoms with van der Waals surface area (Å²) in [5, 5.41) is 4.13. The van der Waals surface area contributed by atoms with Crippen molar-refractivity contribution in [2.75, 3.05) is 19.4 Å². The van der Waals surface area contributed by atoms with Crippen molar-refractivity contribution in [2.24, 2.45) is 0 Å². The quantitative estimate of drug-likeness (QED) is 0.855. The zero-order valence-electron chi connectivity index (χ0n) is 13.7. The van der Waals surface area contributed by atoms with Crippen LogP contribution in [0.25, 0.3) is 11.3 Å². The number of halogens is 2. The van der Waals surface area contributed by atoms with Gasteiger partial charge in [-0.3, -0.25) is 0 Å². The lowest BCUT2D eigenvalue weighted by molar-refractivity contribution is 0.341. The van der Waals surface area contributed by atoms with Crippen LogP contribution in [0.2, 0.25) is 10.0 Å². The molecule has 0 fully saturated rings. The maximum atomic E-state index is 6.54. The molecule has 2 aliphatic heterocycles. The molecule has 0 spiro atoms. The van der Waals surface area contributed by atoms with Crippen LogP contribution in [0.3, 0.4) is 0 Å². The topological polar surface area (TPSA) is 76.3 Å². The lowest BCUT2D eigenvalue weighted by Crippen LogP contribution is -2.24. The number of hydrogen-bond acceptors (Lipinski definition) is 6. The second-order valence-electron chi connectivity index (χ2n) is 6.03. The van der Waals surface area contributed by atoms with Crippen molar-refractivity contribution < 1.29 is 4.74 Å². The molecule has 130 valence electrons. The Kier molecular flexibility index (Phi) is 3.89. The van der Waals surface area contributed by atoms with Crippen LogP contribution in [0.1, 0.15) is 16.8 Å². The third-order valence-electron chi connectivity index (χ3n) is 4.59. The van der Waals surface area contributed by atoms with E-state index in [1.54, 1.807) is 6.07 Å². The Morgan fingerprint density at radius 3 is 2.84 bits per heavy atom. The first kappa shape index (κ1) is 16.3. The smallest absolute Gasteiger partial charge is 0.220 e. The van der Waals surface area contributed by atoms with Crippen LogP contribution in [0.15, 0.2) is 18.5 Å². The van der Waals surface area contributed by atoms with E-state index in [-0.39, 0.29) is 5.95 Å². The second kappa shape index (κ2) is 5.97. The minimum atomic E-state index is 0.226. The lowest BCUT2D eigenvalue weighted by atomic mass is 9.98. The van der Waals surface area contributed by atoms with Gasteiger partial charge in [0.15, 0.2) is 0 Å². The number of nitrogens with two attached hydrogens (primary N) is 1. The van der Waals surface area contributed by atoms with Gasteiger partial charge in [0.25, 0.3) is 0 Å². The number of anilines is 1. The Labute approximate surface area is 155 Å². The molecule has 1 aromatic carbocycles. The average molecular weight is 378 g/mol. The first-order valence-corrected chi connectivity index (χ1v) is 8.66. The summed E-state index contributed by atoms with van der Waals surface area (Å²) in [5.74, 6) is 1.73. The molecule has 0 aliphatic carbocycles. The second-order valence-corrected chi connectivity index (χ2v) is 6.84. The van der Waals surface area contributed by atoms with E-state index >= 15 is 0 Å². The first-order valence-electron chi connectivity index (χ1n) is 7.90. The van der Waals surface area contributed by atoms with Crippen molar-refractivity contribution >= 4 is 29.2 Å². The molecule has 3 heterocycles. The number of rotatable bonds is 3. The van der Waals surface area contributed by atoms with Gasteiger partial charge in [-0.05, 0) is 6.07 Å². The van der Waals surface area contributed by atoms with E-state index in [1.807, 2.05) is 7.05 Å². The maximum absolute atomic E-state index is 6.54. The Morgan fingerprint density at radius 1 is 1.28 bits per heavy atom. The molecule has 2 aliphatic rings. The highest BCUT2D eigenvalue weighted by molar-refractivity contribution is 6.37. The van der Waals surface area contributed by atoms with Crippen LogP contribution in [-0.2, 0) is 19.5 Å². The Hall–Kier alpha value is -2.18. The van der Waals surface area contributed by atoms with E-state index in [0.29, 0.717) is 35.5 Å². The van der Waals surface area contributed by atoms with Gasteiger partial charge < -0.3 is 20.7 Å². The molecule has 2 aromatic rings. The molecule has 0 bridgehead atoms. The van der Waals surface area contributed by atoms with Crippen LogP contribution in [0.4, 0.5) is 5.95 Å². The molecule has 4 rings (SSSR count). The summed E-state index contributed by atoms with van der Waals surface area (Å²) in [5.41, 5.74) is 10.4. The van der Waals surface area contributed by atoms with E-state index in [9.17, 15) is 0 Å². The van der Waals surface area contributed by atoms with E-state index in [1.165, 1.54) is 0 Å². The highest BCUT2D eigenvalue weighted by atomic mass is 35.5. The Balaban J connectivity index is 1.90. The third kappa shape index (κ3) is 2.56. The summed E-state index contributed by atoms with van der Waals surface area (Å²) in [4.78, 5) is 11.0. The van der Waals surface area contributed by atoms with Crippen molar-refractivity contribution in [3.05, 3.63) is 45.3 Å². The first-order chi connectivity index (χ1) is 12.0. The number of nitrogens with zero attached hydrogens (tertiary/aromatic N) is 3. The zero-order chi connectivity index (χ0) is 17.7. The van der Waals surface area contributed by atoms with Gasteiger partial charge in [-0.2, -0.15) is 0 Å². The van der Waals surface area contributed by atoms with E-state index in [0.717, 1.165) is 40.3 Å². The Morgan fingerprint density at radius 2 is 2.08 bits per heavy atom. The van der Waals surface area contributed by atoms with Gasteiger partial charge in [-0.1, -0.05) is 29.8 Å². The summed E-state index contributed by atoms with van der Waals surface area (Å²) >= 11 is 12.8. The lowest BCUT2D eigenvalue weighted by Gasteiger charge is -2.19. The fraction of sp³-hybridized carbons (Fsp3) is 0.294. The molecule has 25 heavy (non-hydrogen) atoms. The van der Waals surface area contributed by atoms with Crippen LogP contribution < -0.4 is 15.8 Å². The number of hydrogen-bond donors (Lipinski definition) is 2. The highest BCUT2D eigenvalue weighted by Crippen LogP contribution is 2.46. The fourth-order valence-electron chi connectivity index (χ4n) is 3.39. The molecular formula is C17H17Cl2N5O. The molecule has 0 saturated heterocycles. The molecule has 8 heteroatoms. The largest absolute Gasteiger partial charge is 0.491 e. The molecule has 0 radical (unpaired) electrons. The number of benzene rings is 1. The predicted molar refractivity (Wildman–Crippen MR) is 98.5 cm³/mol. The van der Waals surface area contributed by atoms with Gasteiger partial charge in [0, 0.05) is 36.7 Å². The standard InChI is InChI=1S/C17H17Cl2N5O/c1-8(21-2)24-6-10-13(7-24)22-17(20)23-15(10)14-9-3-4-25-16(9)12(19)5-11(14)18/h5,21H,1,3-4,6-7H2,2H3,(H2,20,22,23). The minimum absolute atomic E-state index is 0.226. The summed E-state index contributed by atoms with van der Waals surface area (Å²) in [6.07, 6.45) is 0.733. The normalized spacial score (nSPS) is 14.9. The number of aromatic nitrogens is 2. The SMILES string of the molecule is C=C(NC)N1Cc2nc(N)nc(-c3c(Cl)cc(Cl)c4c3CCO4)c2C1. The van der Waals surface area contributed by atoms with E-state index in [4.69, 9.17) is 33.7 Å². The molecule has 0 unspecified atom stereocenters. The molecule has 0 atom stereocenters. The van der Waals surface area contributed by atoms with Gasteiger partial charge in [0.1, 0.15) is 5.75 Å². The number of fused-ring (bicyclic) bond motifs is 2. The third-order valence-corrected chi connectivity index (χ3v) is 5.17. The zero-order valence-corrected chi connectivity index (χ0v) is 15.2. The molecule has 6 nitrogen and oxygen atoms in total. The minimum Gasteiger partial charge on any atom is -0.491 e. The van der Waals surface area contributed by atoms with Crippen LogP contribution in [0, 0.1) is 0 Å². The molecule has 3 N–H and O–H groups in total. The molecule has 0 saturated carbocycles.